The highest BCUT2D eigenvalue weighted by atomic mass is 32.2. The molecule has 2 N–H and O–H groups in total. The lowest BCUT2D eigenvalue weighted by atomic mass is 10.2. The monoisotopic (exact) mass is 412 g/mol. The minimum Gasteiger partial charge on any atom is -0.382 e. The number of benzene rings is 1. The minimum atomic E-state index is -3.36. The Kier molecular flexibility index (Phi) is 5.44. The van der Waals surface area contributed by atoms with Crippen molar-refractivity contribution in [3.8, 4) is 10.7 Å². The van der Waals surface area contributed by atoms with Crippen molar-refractivity contribution in [2.75, 3.05) is 12.0 Å². The average molecular weight is 413 g/mol. The molecule has 8 heteroatoms. The van der Waals surface area contributed by atoms with Crippen LogP contribution in [0, 0.1) is 0 Å². The molecule has 0 atom stereocenters. The minimum absolute atomic E-state index is 0.182. The molecule has 0 fully saturated rings. The normalized spacial score (nSPS) is 13.1. The first-order valence-electron chi connectivity index (χ1n) is 8.40. The zero-order valence-electron chi connectivity index (χ0n) is 15.8. The van der Waals surface area contributed by atoms with E-state index in [-0.39, 0.29) is 4.91 Å². The summed E-state index contributed by atoms with van der Waals surface area (Å²) in [7, 11) is -3.36. The van der Waals surface area contributed by atoms with Crippen molar-refractivity contribution in [2.24, 2.45) is 0 Å². The number of fused-ring (bicyclic) bond motifs is 1. The van der Waals surface area contributed by atoms with Gasteiger partial charge in [0.15, 0.2) is 15.7 Å². The Morgan fingerprint density at radius 2 is 1.89 bits per heavy atom. The summed E-state index contributed by atoms with van der Waals surface area (Å²) in [5, 5.41) is 0.690. The number of nitrogens with zero attached hydrogens (tertiary/aromatic N) is 3. The van der Waals surface area contributed by atoms with Crippen LogP contribution >= 0.6 is 11.3 Å². The highest BCUT2D eigenvalue weighted by molar-refractivity contribution is 7.94. The van der Waals surface area contributed by atoms with Gasteiger partial charge in [-0.3, -0.25) is 0 Å². The third-order valence-electron chi connectivity index (χ3n) is 4.01. The summed E-state index contributed by atoms with van der Waals surface area (Å²) in [5.74, 6) is 0.296. The first-order valence-corrected chi connectivity index (χ1v) is 11.1. The van der Waals surface area contributed by atoms with Crippen LogP contribution in [0.15, 0.2) is 59.7 Å². The summed E-state index contributed by atoms with van der Waals surface area (Å²) in [6.07, 6.45) is 5.94. The Bertz CT molecular complexity index is 1210. The quantitative estimate of drug-likeness (QED) is 0.629. The Morgan fingerprint density at radius 3 is 2.54 bits per heavy atom. The largest absolute Gasteiger partial charge is 0.382 e. The first kappa shape index (κ1) is 19.9. The van der Waals surface area contributed by atoms with E-state index >= 15 is 0 Å². The van der Waals surface area contributed by atoms with Gasteiger partial charge in [0.1, 0.15) is 10.7 Å². The van der Waals surface area contributed by atoms with Gasteiger partial charge in [-0.15, -0.1) is 11.3 Å². The highest BCUT2D eigenvalue weighted by Gasteiger charge is 2.14. The van der Waals surface area contributed by atoms with Gasteiger partial charge in [0.25, 0.3) is 0 Å². The van der Waals surface area contributed by atoms with E-state index in [1.165, 1.54) is 17.4 Å². The molecular weight excluding hydrogens is 392 g/mol. The van der Waals surface area contributed by atoms with Gasteiger partial charge < -0.3 is 5.73 Å². The zero-order valence-corrected chi connectivity index (χ0v) is 17.4. The number of aromatic nitrogens is 3. The molecule has 6 nitrogen and oxygen atoms in total. The Labute approximate surface area is 168 Å². The molecule has 0 aliphatic rings. The van der Waals surface area contributed by atoms with Crippen molar-refractivity contribution in [1.29, 1.82) is 0 Å². The number of allylic oxidation sites excluding steroid dienone is 4. The van der Waals surface area contributed by atoms with Crippen LogP contribution < -0.4 is 5.73 Å². The fourth-order valence-electron chi connectivity index (χ4n) is 2.59. The lowest BCUT2D eigenvalue weighted by Gasteiger charge is -2.06. The number of sulfone groups is 1. The van der Waals surface area contributed by atoms with Crippen LogP contribution in [0.3, 0.4) is 0 Å². The van der Waals surface area contributed by atoms with Gasteiger partial charge in [0, 0.05) is 6.26 Å². The maximum atomic E-state index is 11.9. The molecule has 2 aromatic heterocycles. The topological polar surface area (TPSA) is 98.8 Å². The smallest absolute Gasteiger partial charge is 0.175 e. The molecule has 3 aromatic rings. The van der Waals surface area contributed by atoms with E-state index in [0.29, 0.717) is 27.8 Å². The number of anilines is 1. The van der Waals surface area contributed by atoms with E-state index < -0.39 is 9.84 Å². The second-order valence-electron chi connectivity index (χ2n) is 6.41. The molecule has 1 aromatic carbocycles. The van der Waals surface area contributed by atoms with Crippen molar-refractivity contribution < 1.29 is 8.42 Å². The molecule has 0 unspecified atom stereocenters. The van der Waals surface area contributed by atoms with E-state index in [9.17, 15) is 8.42 Å². The summed E-state index contributed by atoms with van der Waals surface area (Å²) < 4.78 is 24.8. The van der Waals surface area contributed by atoms with Crippen LogP contribution in [0.25, 0.3) is 26.5 Å². The fraction of sp³-hybridized carbons (Fsp3) is 0.150. The van der Waals surface area contributed by atoms with Crippen LogP contribution in [-0.2, 0) is 9.84 Å². The summed E-state index contributed by atoms with van der Waals surface area (Å²) in [4.78, 5) is 13.6. The molecule has 0 amide bonds. The molecular formula is C20H20N4O2S2. The second-order valence-corrected chi connectivity index (χ2v) is 9.42. The maximum Gasteiger partial charge on any atom is 0.175 e. The molecule has 0 radical (unpaired) electrons. The third-order valence-corrected chi connectivity index (χ3v) is 6.33. The van der Waals surface area contributed by atoms with Crippen molar-refractivity contribution in [1.82, 2.24) is 15.0 Å². The van der Waals surface area contributed by atoms with Crippen LogP contribution in [0.2, 0.25) is 0 Å². The summed E-state index contributed by atoms with van der Waals surface area (Å²) in [6, 6.07) is 7.81. The van der Waals surface area contributed by atoms with Crippen LogP contribution in [-0.4, -0.2) is 29.6 Å². The van der Waals surface area contributed by atoms with E-state index in [0.717, 1.165) is 22.0 Å². The number of para-hydroxylation sites is 1. The first-order chi connectivity index (χ1) is 13.2. The van der Waals surface area contributed by atoms with Crippen molar-refractivity contribution in [3.05, 3.63) is 65.4 Å². The summed E-state index contributed by atoms with van der Waals surface area (Å²) >= 11 is 1.49. The van der Waals surface area contributed by atoms with Crippen LogP contribution in [0.5, 0.6) is 0 Å². The molecule has 0 saturated heterocycles. The maximum absolute atomic E-state index is 11.9. The Hall–Kier alpha value is -2.84. The molecule has 0 aliphatic carbocycles. The van der Waals surface area contributed by atoms with Gasteiger partial charge in [0.05, 0.1) is 27.0 Å². The molecule has 0 saturated carbocycles. The SMILES string of the molecule is C=C(C)C(=CC=C(C)c1cnc(N)c(-c2nc3ccccc3s2)n1)S(C)(=O)=O. The van der Waals surface area contributed by atoms with E-state index in [4.69, 9.17) is 5.73 Å². The van der Waals surface area contributed by atoms with Gasteiger partial charge >= 0.3 is 0 Å². The van der Waals surface area contributed by atoms with E-state index in [1.54, 1.807) is 19.2 Å². The molecule has 144 valence electrons. The molecule has 0 spiro atoms. The van der Waals surface area contributed by atoms with Gasteiger partial charge in [-0.25, -0.2) is 23.4 Å². The molecule has 28 heavy (non-hydrogen) atoms. The molecule has 0 bridgehead atoms. The van der Waals surface area contributed by atoms with Crippen LogP contribution in [0.1, 0.15) is 19.5 Å². The van der Waals surface area contributed by atoms with E-state index in [2.05, 4.69) is 21.5 Å². The summed E-state index contributed by atoms with van der Waals surface area (Å²) in [6.45, 7) is 7.22. The van der Waals surface area contributed by atoms with Gasteiger partial charge in [-0.05, 0) is 43.2 Å². The average Bonchev–Trinajstić information content (AvgIpc) is 3.04. The second kappa shape index (κ2) is 7.65. The van der Waals surface area contributed by atoms with Crippen LogP contribution in [0.4, 0.5) is 5.82 Å². The predicted octanol–water partition coefficient (Wildman–Crippen LogP) is 4.24. The van der Waals surface area contributed by atoms with Gasteiger partial charge in [0.2, 0.25) is 0 Å². The van der Waals surface area contributed by atoms with Crippen molar-refractivity contribution in [2.45, 2.75) is 13.8 Å². The molecule has 3 rings (SSSR count). The number of nitrogen functional groups attached to an aromatic ring is 1. The summed E-state index contributed by atoms with van der Waals surface area (Å²) in [5.41, 5.74) is 9.24. The number of hydrogen-bond acceptors (Lipinski definition) is 7. The standard InChI is InChI=1S/C20H20N4O2S2/c1-12(2)17(28(4,25)26)10-9-13(3)15-11-22-19(21)18(23-15)20-24-14-7-5-6-8-16(14)27-20/h5-11H,1H2,2-4H3,(H2,21,22). The van der Waals surface area contributed by atoms with Crippen molar-refractivity contribution in [3.63, 3.8) is 0 Å². The Morgan fingerprint density at radius 1 is 1.18 bits per heavy atom. The lowest BCUT2D eigenvalue weighted by Crippen LogP contribution is -2.02. The van der Waals surface area contributed by atoms with Gasteiger partial charge in [-0.1, -0.05) is 24.8 Å². The van der Waals surface area contributed by atoms with E-state index in [1.807, 2.05) is 31.2 Å². The van der Waals surface area contributed by atoms with Crippen molar-refractivity contribution >= 4 is 42.8 Å². The zero-order chi connectivity index (χ0) is 20.5. The number of rotatable bonds is 5. The van der Waals surface area contributed by atoms with Gasteiger partial charge in [-0.2, -0.15) is 0 Å². The Balaban J connectivity index is 2.04. The number of thiazole rings is 1. The number of nitrogens with two attached hydrogens (primary N) is 1. The fourth-order valence-corrected chi connectivity index (χ4v) is 4.50. The lowest BCUT2D eigenvalue weighted by molar-refractivity contribution is 0.608. The molecule has 0 aliphatic heterocycles. The third kappa shape index (κ3) is 4.18. The number of hydrogen-bond donors (Lipinski definition) is 1. The highest BCUT2D eigenvalue weighted by Crippen LogP contribution is 2.32. The molecule has 2 heterocycles. The predicted molar refractivity (Wildman–Crippen MR) is 116 cm³/mol.